The zero-order valence-corrected chi connectivity index (χ0v) is 16.8. The van der Waals surface area contributed by atoms with Crippen molar-refractivity contribution < 1.29 is 65.9 Å². The Morgan fingerprint density at radius 3 is 2.14 bits per heavy atom. The predicted molar refractivity (Wildman–Crippen MR) is 44.7 cm³/mol. The van der Waals surface area contributed by atoms with Gasteiger partial charge < -0.3 is 0 Å². The third kappa shape index (κ3) is 4.47. The van der Waals surface area contributed by atoms with Crippen molar-refractivity contribution in [1.29, 1.82) is 0 Å². The Morgan fingerprint density at radius 2 is 1.79 bits per heavy atom. The van der Waals surface area contributed by atoms with Crippen molar-refractivity contribution in [2.45, 2.75) is 2.76 Å². The molecule has 0 aliphatic carbocycles. The van der Waals surface area contributed by atoms with Gasteiger partial charge in [-0.25, -0.2) is 0 Å². The first-order valence-electron chi connectivity index (χ1n) is 3.61. The summed E-state index contributed by atoms with van der Waals surface area (Å²) in [5, 5.41) is 0. The maximum atomic E-state index is 10.8. The summed E-state index contributed by atoms with van der Waals surface area (Å²) in [4.78, 5) is 0. The van der Waals surface area contributed by atoms with E-state index in [9.17, 15) is 13.0 Å². The maximum Gasteiger partial charge on any atom is 1.00 e. The fraction of sp³-hybridized carbons (Fsp3) is 0.143. The van der Waals surface area contributed by atoms with E-state index in [1.807, 2.05) is 0 Å². The van der Waals surface area contributed by atoms with Gasteiger partial charge in [0.15, 0.2) is 0 Å². The molecular formula is C7H6ClHgNaO3S. The van der Waals surface area contributed by atoms with Crippen LogP contribution in [0.1, 0.15) is 8.32 Å². The van der Waals surface area contributed by atoms with Crippen LogP contribution >= 0.6 is 8.25 Å². The first kappa shape index (κ1) is 15.4. The second-order valence-electron chi connectivity index (χ2n) is 2.55. The second-order valence-corrected chi connectivity index (χ2v) is 13.5. The molecule has 1 atom stereocenters. The number of halogens is 1. The molecule has 0 saturated heterocycles. The molecule has 0 spiro atoms. The van der Waals surface area contributed by atoms with Gasteiger partial charge in [0, 0.05) is 0 Å². The molecule has 0 aliphatic rings. The summed E-state index contributed by atoms with van der Waals surface area (Å²) in [6.45, 7) is 0. The van der Waals surface area contributed by atoms with E-state index in [4.69, 9.17) is 8.25 Å². The van der Waals surface area contributed by atoms with Crippen LogP contribution in [0.3, 0.4) is 0 Å². The van der Waals surface area contributed by atoms with Gasteiger partial charge in [-0.3, -0.25) is 0 Å². The zero-order valence-electron chi connectivity index (χ0n) is 7.68. The molecule has 7 heteroatoms. The van der Waals surface area contributed by atoms with Crippen molar-refractivity contribution in [2.75, 3.05) is 0 Å². The summed E-state index contributed by atoms with van der Waals surface area (Å²) in [7, 11) is 1.38. The Bertz CT molecular complexity index is 370. The number of benzene rings is 1. The Hall–Kier alpha value is 1.36. The molecule has 1 aromatic carbocycles. The number of rotatable bonds is 3. The van der Waals surface area contributed by atoms with Gasteiger partial charge >= 0.3 is 123 Å². The smallest absolute Gasteiger partial charge is 1.00 e. The summed E-state index contributed by atoms with van der Waals surface area (Å²) in [5.74, 6) is 0. The van der Waals surface area contributed by atoms with Gasteiger partial charge in [-0.2, -0.15) is 0 Å². The van der Waals surface area contributed by atoms with E-state index in [1.165, 1.54) is 0 Å². The fourth-order valence-corrected chi connectivity index (χ4v) is 10.8. The molecule has 0 bridgehead atoms. The van der Waals surface area contributed by atoms with E-state index in [-0.39, 0.29) is 29.6 Å². The van der Waals surface area contributed by atoms with Crippen LogP contribution in [0.15, 0.2) is 30.3 Å². The van der Waals surface area contributed by atoms with Crippen molar-refractivity contribution in [3.8, 4) is 0 Å². The molecule has 0 radical (unpaired) electrons. The molecule has 0 amide bonds. The minimum atomic E-state index is -4.25. The largest absolute Gasteiger partial charge is 1.00 e. The van der Waals surface area contributed by atoms with Crippen molar-refractivity contribution in [3.63, 3.8) is 0 Å². The average molecular weight is 429 g/mol. The predicted octanol–water partition coefficient (Wildman–Crippen LogP) is -1.53. The van der Waals surface area contributed by atoms with Crippen molar-refractivity contribution in [1.82, 2.24) is 0 Å². The Kier molecular flexibility index (Phi) is 7.50. The summed E-state index contributed by atoms with van der Waals surface area (Å²) >= 11 is -2.12. The van der Waals surface area contributed by atoms with Crippen molar-refractivity contribution >= 4 is 18.4 Å². The average Bonchev–Trinajstić information content (AvgIpc) is 2.05. The molecular weight excluding hydrogens is 423 g/mol. The van der Waals surface area contributed by atoms with Crippen LogP contribution in [0.4, 0.5) is 0 Å². The minimum absolute atomic E-state index is 0. The van der Waals surface area contributed by atoms with Gasteiger partial charge in [-0.1, -0.05) is 0 Å². The topological polar surface area (TPSA) is 57.2 Å². The Morgan fingerprint density at radius 1 is 1.29 bits per heavy atom. The van der Waals surface area contributed by atoms with Crippen LogP contribution in [0.5, 0.6) is 0 Å². The molecule has 0 saturated carbocycles. The van der Waals surface area contributed by atoms with Crippen LogP contribution in [0, 0.1) is 0 Å². The monoisotopic (exact) mass is 430 g/mol. The first-order valence-corrected chi connectivity index (χ1v) is 15.0. The van der Waals surface area contributed by atoms with E-state index in [2.05, 4.69) is 0 Å². The molecule has 0 N–H and O–H groups in total. The number of hydrogen-bond donors (Lipinski definition) is 0. The van der Waals surface area contributed by atoms with Crippen LogP contribution < -0.4 is 29.6 Å². The van der Waals surface area contributed by atoms with Crippen molar-refractivity contribution in [3.05, 3.63) is 35.9 Å². The van der Waals surface area contributed by atoms with E-state index in [1.54, 1.807) is 30.3 Å². The van der Waals surface area contributed by atoms with Gasteiger partial charge in [0.1, 0.15) is 0 Å². The van der Waals surface area contributed by atoms with Crippen LogP contribution in [-0.4, -0.2) is 13.0 Å². The molecule has 1 rings (SSSR count). The van der Waals surface area contributed by atoms with Gasteiger partial charge in [0.2, 0.25) is 0 Å². The molecule has 0 aromatic heterocycles. The summed E-state index contributed by atoms with van der Waals surface area (Å²) < 4.78 is 31.4. The molecule has 0 fully saturated rings. The maximum absolute atomic E-state index is 10.8. The first-order chi connectivity index (χ1) is 6.05. The van der Waals surface area contributed by atoms with Crippen molar-refractivity contribution in [2.24, 2.45) is 0 Å². The van der Waals surface area contributed by atoms with Crippen LogP contribution in [-0.2, 0) is 33.5 Å². The van der Waals surface area contributed by atoms with E-state index < -0.39 is 36.2 Å². The zero-order chi connectivity index (χ0) is 9.90. The number of hydrogen-bond acceptors (Lipinski definition) is 3. The molecule has 1 aromatic rings. The minimum Gasteiger partial charge on any atom is 1.00 e. The van der Waals surface area contributed by atoms with Crippen LogP contribution in [0.25, 0.3) is 0 Å². The van der Waals surface area contributed by atoms with E-state index in [0.29, 0.717) is 5.56 Å². The van der Waals surface area contributed by atoms with E-state index in [0.717, 1.165) is 0 Å². The summed E-state index contributed by atoms with van der Waals surface area (Å²) in [5.41, 5.74) is 0.536. The summed E-state index contributed by atoms with van der Waals surface area (Å²) in [6, 6.07) is 8.43. The molecule has 3 nitrogen and oxygen atoms in total. The molecule has 14 heavy (non-hydrogen) atoms. The second kappa shape index (κ2) is 6.83. The molecule has 1 unspecified atom stereocenters. The molecule has 68 valence electrons. The summed E-state index contributed by atoms with van der Waals surface area (Å²) in [6.07, 6.45) is 0. The van der Waals surface area contributed by atoms with Gasteiger partial charge in [-0.05, 0) is 0 Å². The van der Waals surface area contributed by atoms with Crippen LogP contribution in [0.2, 0.25) is 0 Å². The molecule has 0 aliphatic heterocycles. The SMILES string of the molecule is O=S(=O)([O-])[CH]([Hg][Cl])c1ccccc1.[Na+]. The standard InChI is InChI=1S/C7H7O3S.ClH.Hg.Na/c8-11(9,10)6-7-4-2-1-3-5-7;;;/h1-6H,(H,8,9,10);1H;;/q;;2*+1/p-2. The quantitative estimate of drug-likeness (QED) is 0.433. The molecule has 0 heterocycles. The fourth-order valence-electron chi connectivity index (χ4n) is 1.00. The third-order valence-electron chi connectivity index (χ3n) is 1.66. The van der Waals surface area contributed by atoms with Gasteiger partial charge in [0.05, 0.1) is 0 Å². The van der Waals surface area contributed by atoms with Gasteiger partial charge in [-0.15, -0.1) is 0 Å². The van der Waals surface area contributed by atoms with E-state index >= 15 is 0 Å². The third-order valence-corrected chi connectivity index (χ3v) is 16.1. The Labute approximate surface area is 121 Å². The Balaban J connectivity index is 0.00000169. The van der Waals surface area contributed by atoms with Gasteiger partial charge in [0.25, 0.3) is 0 Å². The normalized spacial score (nSPS) is 12.4.